The van der Waals surface area contributed by atoms with Gasteiger partial charge in [-0.15, -0.1) is 11.3 Å². The van der Waals surface area contributed by atoms with Gasteiger partial charge in [0.2, 0.25) is 5.91 Å². The summed E-state index contributed by atoms with van der Waals surface area (Å²) in [6.45, 7) is 6.88. The Hall–Kier alpha value is -0.650. The fraction of sp³-hybridized carbons (Fsp3) is 0.636. The molecule has 4 nitrogen and oxygen atoms in total. The van der Waals surface area contributed by atoms with Crippen LogP contribution in [0, 0.1) is 0 Å². The zero-order valence-corrected chi connectivity index (χ0v) is 11.8. The molecule has 0 fully saturated rings. The minimum absolute atomic E-state index is 0.194. The summed E-state index contributed by atoms with van der Waals surface area (Å²) in [7, 11) is 0. The molecule has 0 spiro atoms. The maximum atomic E-state index is 11.7. The van der Waals surface area contributed by atoms with E-state index < -0.39 is 0 Å². The van der Waals surface area contributed by atoms with E-state index in [2.05, 4.69) is 10.3 Å². The first-order chi connectivity index (χ1) is 8.17. The van der Waals surface area contributed by atoms with E-state index in [9.17, 15) is 4.79 Å². The summed E-state index contributed by atoms with van der Waals surface area (Å²) in [6.07, 6.45) is 2.17. The molecule has 1 aromatic rings. The summed E-state index contributed by atoms with van der Waals surface area (Å²) >= 11 is 7.23. The molecule has 6 heteroatoms. The van der Waals surface area contributed by atoms with E-state index in [1.165, 1.54) is 11.3 Å². The second kappa shape index (κ2) is 7.63. The lowest BCUT2D eigenvalue weighted by molar-refractivity contribution is -0.130. The Morgan fingerprint density at radius 3 is 2.76 bits per heavy atom. The number of hydrogen-bond donors (Lipinski definition) is 1. The number of hydrogen-bond acceptors (Lipinski definition) is 4. The highest BCUT2D eigenvalue weighted by Gasteiger charge is 2.08. The summed E-state index contributed by atoms with van der Waals surface area (Å²) < 4.78 is 0.695. The number of aromatic nitrogens is 1. The smallest absolute Gasteiger partial charge is 0.223 e. The summed E-state index contributed by atoms with van der Waals surface area (Å²) in [4.78, 5) is 17.6. The lowest BCUT2D eigenvalue weighted by Gasteiger charge is -2.18. The van der Waals surface area contributed by atoms with Gasteiger partial charge in [0, 0.05) is 32.6 Å². The van der Waals surface area contributed by atoms with E-state index in [1.54, 1.807) is 6.20 Å². The van der Waals surface area contributed by atoms with Crippen LogP contribution in [0.15, 0.2) is 6.20 Å². The Morgan fingerprint density at radius 1 is 1.53 bits per heavy atom. The number of halogens is 1. The number of nitrogens with one attached hydrogen (secondary N) is 1. The van der Waals surface area contributed by atoms with Crippen molar-refractivity contribution < 1.29 is 4.79 Å². The average Bonchev–Trinajstić information content (AvgIpc) is 2.72. The normalized spacial score (nSPS) is 10.5. The van der Waals surface area contributed by atoms with Gasteiger partial charge in [-0.25, -0.2) is 4.98 Å². The highest BCUT2D eigenvalue weighted by molar-refractivity contribution is 7.15. The second-order valence-electron chi connectivity index (χ2n) is 3.55. The van der Waals surface area contributed by atoms with Crippen LogP contribution in [0.2, 0.25) is 4.34 Å². The summed E-state index contributed by atoms with van der Waals surface area (Å²) in [5, 5.41) is 4.14. The molecule has 0 bridgehead atoms. The number of carbonyl (C=O) groups excluding carboxylic acids is 1. The van der Waals surface area contributed by atoms with Gasteiger partial charge in [0.15, 0.2) is 0 Å². The van der Waals surface area contributed by atoms with E-state index in [0.29, 0.717) is 23.8 Å². The van der Waals surface area contributed by atoms with Gasteiger partial charge >= 0.3 is 0 Å². The van der Waals surface area contributed by atoms with Gasteiger partial charge in [-0.1, -0.05) is 11.6 Å². The second-order valence-corrected chi connectivity index (χ2v) is 5.30. The molecule has 0 aliphatic heterocycles. The topological polar surface area (TPSA) is 45.2 Å². The van der Waals surface area contributed by atoms with Crippen molar-refractivity contribution in [3.63, 3.8) is 0 Å². The molecular formula is C11H18ClN3OS. The highest BCUT2D eigenvalue weighted by Crippen LogP contribution is 2.17. The third kappa shape index (κ3) is 5.02. The van der Waals surface area contributed by atoms with Crippen molar-refractivity contribution in [2.75, 3.05) is 19.6 Å². The molecule has 1 N–H and O–H groups in total. The van der Waals surface area contributed by atoms with Crippen LogP contribution in [0.3, 0.4) is 0 Å². The van der Waals surface area contributed by atoms with E-state index in [1.807, 2.05) is 18.7 Å². The number of thiazole rings is 1. The molecule has 0 saturated carbocycles. The molecule has 0 unspecified atom stereocenters. The Morgan fingerprint density at radius 2 is 2.24 bits per heavy atom. The molecule has 1 rings (SSSR count). The molecule has 1 aromatic heterocycles. The molecule has 0 aliphatic carbocycles. The molecule has 1 heterocycles. The van der Waals surface area contributed by atoms with E-state index >= 15 is 0 Å². The zero-order valence-electron chi connectivity index (χ0n) is 10.2. The molecule has 1 amide bonds. The lowest BCUT2D eigenvalue weighted by atomic mass is 10.3. The Bertz CT molecular complexity index is 352. The summed E-state index contributed by atoms with van der Waals surface area (Å²) in [6, 6.07) is 0. The standard InChI is InChI=1S/C11H18ClN3OS/c1-3-15(4-2)11(16)5-6-13-8-10-14-7-9(12)17-10/h7,13H,3-6,8H2,1-2H3. The monoisotopic (exact) mass is 275 g/mol. The van der Waals surface area contributed by atoms with Crippen LogP contribution < -0.4 is 5.32 Å². The Balaban J connectivity index is 2.17. The number of carbonyl (C=O) groups is 1. The number of amides is 1. The van der Waals surface area contributed by atoms with Gasteiger partial charge in [-0.2, -0.15) is 0 Å². The van der Waals surface area contributed by atoms with E-state index in [-0.39, 0.29) is 5.91 Å². The van der Waals surface area contributed by atoms with Crippen LogP contribution >= 0.6 is 22.9 Å². The van der Waals surface area contributed by atoms with Crippen molar-refractivity contribution in [2.45, 2.75) is 26.8 Å². The third-order valence-corrected chi connectivity index (χ3v) is 3.55. The van der Waals surface area contributed by atoms with Crippen molar-refractivity contribution >= 4 is 28.8 Å². The predicted molar refractivity (Wildman–Crippen MR) is 71.4 cm³/mol. The Kier molecular flexibility index (Phi) is 6.47. The fourth-order valence-corrected chi connectivity index (χ4v) is 2.42. The van der Waals surface area contributed by atoms with Crippen molar-refractivity contribution in [1.82, 2.24) is 15.2 Å². The lowest BCUT2D eigenvalue weighted by Crippen LogP contribution is -2.32. The van der Waals surface area contributed by atoms with E-state index in [0.717, 1.165) is 18.1 Å². The summed E-state index contributed by atoms with van der Waals surface area (Å²) in [5.41, 5.74) is 0. The first-order valence-electron chi connectivity index (χ1n) is 5.76. The van der Waals surface area contributed by atoms with Crippen LogP contribution in [-0.2, 0) is 11.3 Å². The van der Waals surface area contributed by atoms with Gasteiger partial charge in [0.25, 0.3) is 0 Å². The molecule has 0 aromatic carbocycles. The minimum atomic E-state index is 0.194. The molecule has 0 radical (unpaired) electrons. The van der Waals surface area contributed by atoms with Gasteiger partial charge in [-0.05, 0) is 13.8 Å². The van der Waals surface area contributed by atoms with Gasteiger partial charge in [0.05, 0.1) is 6.20 Å². The number of rotatable bonds is 7. The fourth-order valence-electron chi connectivity index (χ4n) is 1.49. The molecule has 96 valence electrons. The Labute approximate surface area is 111 Å². The summed E-state index contributed by atoms with van der Waals surface area (Å²) in [5.74, 6) is 0.194. The zero-order chi connectivity index (χ0) is 12.7. The van der Waals surface area contributed by atoms with Crippen LogP contribution in [0.4, 0.5) is 0 Å². The van der Waals surface area contributed by atoms with Crippen LogP contribution in [0.5, 0.6) is 0 Å². The molecule has 17 heavy (non-hydrogen) atoms. The molecule has 0 aliphatic rings. The third-order valence-electron chi connectivity index (χ3n) is 2.43. The maximum absolute atomic E-state index is 11.7. The number of nitrogens with zero attached hydrogens (tertiary/aromatic N) is 2. The minimum Gasteiger partial charge on any atom is -0.343 e. The first-order valence-corrected chi connectivity index (χ1v) is 6.95. The maximum Gasteiger partial charge on any atom is 0.223 e. The molecule has 0 atom stereocenters. The molecule has 0 saturated heterocycles. The highest BCUT2D eigenvalue weighted by atomic mass is 35.5. The van der Waals surface area contributed by atoms with Crippen LogP contribution in [0.1, 0.15) is 25.3 Å². The quantitative estimate of drug-likeness (QED) is 0.776. The van der Waals surface area contributed by atoms with E-state index in [4.69, 9.17) is 11.6 Å². The van der Waals surface area contributed by atoms with Crippen molar-refractivity contribution in [3.8, 4) is 0 Å². The largest absolute Gasteiger partial charge is 0.343 e. The SMILES string of the molecule is CCN(CC)C(=O)CCNCc1ncc(Cl)s1. The first kappa shape index (κ1) is 14.4. The van der Waals surface area contributed by atoms with Gasteiger partial charge < -0.3 is 10.2 Å². The van der Waals surface area contributed by atoms with Crippen molar-refractivity contribution in [1.29, 1.82) is 0 Å². The van der Waals surface area contributed by atoms with Crippen molar-refractivity contribution in [2.24, 2.45) is 0 Å². The van der Waals surface area contributed by atoms with Gasteiger partial charge in [0.1, 0.15) is 9.34 Å². The van der Waals surface area contributed by atoms with Gasteiger partial charge in [-0.3, -0.25) is 4.79 Å². The van der Waals surface area contributed by atoms with Crippen molar-refractivity contribution in [3.05, 3.63) is 15.5 Å². The van der Waals surface area contributed by atoms with Crippen LogP contribution in [0.25, 0.3) is 0 Å². The molecular weight excluding hydrogens is 258 g/mol. The average molecular weight is 276 g/mol. The predicted octanol–water partition coefficient (Wildman–Crippen LogP) is 2.14. The van der Waals surface area contributed by atoms with Crippen LogP contribution in [-0.4, -0.2) is 35.4 Å².